The van der Waals surface area contributed by atoms with Crippen LogP contribution in [0.25, 0.3) is 5.69 Å². The van der Waals surface area contributed by atoms with Crippen molar-refractivity contribution in [3.8, 4) is 5.69 Å². The molecule has 3 aromatic rings. The molecular weight excluding hydrogens is 372 g/mol. The molecule has 1 heterocycles. The lowest BCUT2D eigenvalue weighted by atomic mass is 9.92. The van der Waals surface area contributed by atoms with Gasteiger partial charge in [0, 0.05) is 11.5 Å². The predicted molar refractivity (Wildman–Crippen MR) is 99.4 cm³/mol. The zero-order valence-electron chi connectivity index (χ0n) is 15.1. The van der Waals surface area contributed by atoms with Gasteiger partial charge in [0.1, 0.15) is 16.5 Å². The van der Waals surface area contributed by atoms with E-state index in [4.69, 9.17) is 0 Å². The molecule has 1 aromatic heterocycles. The van der Waals surface area contributed by atoms with Gasteiger partial charge >= 0.3 is 0 Å². The van der Waals surface area contributed by atoms with Crippen molar-refractivity contribution < 1.29 is 17.2 Å². The van der Waals surface area contributed by atoms with Crippen molar-refractivity contribution in [2.24, 2.45) is 0 Å². The summed E-state index contributed by atoms with van der Waals surface area (Å²) in [7, 11) is -4.15. The summed E-state index contributed by atoms with van der Waals surface area (Å²) in [5, 5.41) is 4.44. The Hall–Kier alpha value is -2.74. The largest absolute Gasteiger partial charge is 0.277 e. The van der Waals surface area contributed by atoms with Crippen molar-refractivity contribution in [2.75, 3.05) is 4.72 Å². The van der Waals surface area contributed by atoms with Gasteiger partial charge in [-0.1, -0.05) is 39.0 Å². The first kappa shape index (κ1) is 19.0. The average Bonchev–Trinajstić information content (AvgIpc) is 3.05. The predicted octanol–water partition coefficient (Wildman–Crippen LogP) is 4.25. The SMILES string of the molecule is CC(C)(C)c1nn(-c2ccccc2)cc1S(=O)(=O)Nc1ccc(F)cc1F. The van der Waals surface area contributed by atoms with Gasteiger partial charge < -0.3 is 0 Å². The Bertz CT molecular complexity index is 1070. The first-order valence-electron chi connectivity index (χ1n) is 8.21. The molecule has 5 nitrogen and oxygen atoms in total. The van der Waals surface area contributed by atoms with E-state index in [0.717, 1.165) is 12.1 Å². The number of benzene rings is 2. The fourth-order valence-corrected chi connectivity index (χ4v) is 3.96. The highest BCUT2D eigenvalue weighted by Gasteiger charge is 2.30. The van der Waals surface area contributed by atoms with Gasteiger partial charge in [-0.15, -0.1) is 0 Å². The summed E-state index contributed by atoms with van der Waals surface area (Å²) >= 11 is 0. The van der Waals surface area contributed by atoms with Crippen molar-refractivity contribution in [3.63, 3.8) is 0 Å². The quantitative estimate of drug-likeness (QED) is 0.723. The standard InChI is InChI=1S/C19H19F2N3O2S/c1-19(2,3)18-17(12-24(22-18)14-7-5-4-6-8-14)27(25,26)23-16-10-9-13(20)11-15(16)21/h4-12,23H,1-3H3. The average molecular weight is 391 g/mol. The molecule has 27 heavy (non-hydrogen) atoms. The maximum Gasteiger partial charge on any atom is 0.265 e. The van der Waals surface area contributed by atoms with Gasteiger partial charge in [-0.2, -0.15) is 5.10 Å². The lowest BCUT2D eigenvalue weighted by Gasteiger charge is -2.18. The molecule has 0 amide bonds. The molecule has 0 atom stereocenters. The molecule has 0 unspecified atom stereocenters. The highest BCUT2D eigenvalue weighted by molar-refractivity contribution is 7.92. The fraction of sp³-hybridized carbons (Fsp3) is 0.211. The number of nitrogens with zero attached hydrogens (tertiary/aromatic N) is 2. The third kappa shape index (κ3) is 4.00. The maximum atomic E-state index is 13.9. The Balaban J connectivity index is 2.09. The molecule has 0 saturated heterocycles. The Morgan fingerprint density at radius 3 is 2.30 bits per heavy atom. The number of hydrogen-bond donors (Lipinski definition) is 1. The molecule has 0 radical (unpaired) electrons. The van der Waals surface area contributed by atoms with E-state index in [2.05, 4.69) is 9.82 Å². The van der Waals surface area contributed by atoms with Crippen LogP contribution in [0.2, 0.25) is 0 Å². The molecule has 0 bridgehead atoms. The van der Waals surface area contributed by atoms with Gasteiger partial charge in [-0.3, -0.25) is 4.72 Å². The molecular formula is C19H19F2N3O2S. The van der Waals surface area contributed by atoms with Crippen LogP contribution in [0.4, 0.5) is 14.5 Å². The van der Waals surface area contributed by atoms with Gasteiger partial charge in [-0.25, -0.2) is 21.9 Å². The normalized spacial score (nSPS) is 12.2. The van der Waals surface area contributed by atoms with E-state index in [1.165, 1.54) is 10.9 Å². The smallest absolute Gasteiger partial charge is 0.265 e. The topological polar surface area (TPSA) is 64.0 Å². The summed E-state index contributed by atoms with van der Waals surface area (Å²) in [5.74, 6) is -1.78. The van der Waals surface area contributed by atoms with Crippen LogP contribution in [0.1, 0.15) is 26.5 Å². The van der Waals surface area contributed by atoms with E-state index >= 15 is 0 Å². The van der Waals surface area contributed by atoms with E-state index < -0.39 is 27.1 Å². The third-order valence-corrected chi connectivity index (χ3v) is 5.24. The molecule has 0 aliphatic carbocycles. The van der Waals surface area contributed by atoms with Crippen molar-refractivity contribution in [1.29, 1.82) is 0 Å². The molecule has 0 fully saturated rings. The first-order chi connectivity index (χ1) is 12.6. The Morgan fingerprint density at radius 2 is 1.70 bits per heavy atom. The Morgan fingerprint density at radius 1 is 1.04 bits per heavy atom. The molecule has 0 aliphatic rings. The Labute approximate surface area is 156 Å². The van der Waals surface area contributed by atoms with E-state index in [-0.39, 0.29) is 10.6 Å². The zero-order valence-corrected chi connectivity index (χ0v) is 15.9. The zero-order chi connectivity index (χ0) is 19.8. The van der Waals surface area contributed by atoms with E-state index in [0.29, 0.717) is 17.4 Å². The minimum absolute atomic E-state index is 0.0671. The number of para-hydroxylation sites is 1. The summed E-state index contributed by atoms with van der Waals surface area (Å²) in [4.78, 5) is -0.0671. The van der Waals surface area contributed by atoms with E-state index in [9.17, 15) is 17.2 Å². The van der Waals surface area contributed by atoms with Gasteiger partial charge in [-0.05, 0) is 24.3 Å². The number of anilines is 1. The number of nitrogens with one attached hydrogen (secondary N) is 1. The monoisotopic (exact) mass is 391 g/mol. The third-order valence-electron chi connectivity index (χ3n) is 3.88. The highest BCUT2D eigenvalue weighted by atomic mass is 32.2. The van der Waals surface area contributed by atoms with Crippen LogP contribution in [0.15, 0.2) is 59.6 Å². The number of aromatic nitrogens is 2. The molecule has 1 N–H and O–H groups in total. The fourth-order valence-electron chi connectivity index (χ4n) is 2.56. The van der Waals surface area contributed by atoms with Crippen molar-refractivity contribution in [2.45, 2.75) is 31.1 Å². The van der Waals surface area contributed by atoms with Gasteiger partial charge in [0.05, 0.1) is 23.3 Å². The van der Waals surface area contributed by atoms with Crippen LogP contribution in [0.5, 0.6) is 0 Å². The maximum absolute atomic E-state index is 13.9. The summed E-state index contributed by atoms with van der Waals surface area (Å²) in [6.07, 6.45) is 1.39. The van der Waals surface area contributed by atoms with Crippen LogP contribution >= 0.6 is 0 Å². The van der Waals surface area contributed by atoms with E-state index in [1.807, 2.05) is 39.0 Å². The molecule has 142 valence electrons. The summed E-state index contributed by atoms with van der Waals surface area (Å²) in [5.41, 5.74) is 0.119. The number of hydrogen-bond acceptors (Lipinski definition) is 3. The molecule has 3 rings (SSSR count). The van der Waals surface area contributed by atoms with Gasteiger partial charge in [0.2, 0.25) is 0 Å². The van der Waals surface area contributed by atoms with Crippen LogP contribution in [-0.2, 0) is 15.4 Å². The van der Waals surface area contributed by atoms with Gasteiger partial charge in [0.25, 0.3) is 10.0 Å². The summed E-state index contributed by atoms with van der Waals surface area (Å²) in [6, 6.07) is 11.7. The lowest BCUT2D eigenvalue weighted by Crippen LogP contribution is -2.20. The van der Waals surface area contributed by atoms with Crippen LogP contribution < -0.4 is 4.72 Å². The molecule has 0 saturated carbocycles. The molecule has 0 spiro atoms. The van der Waals surface area contributed by atoms with E-state index in [1.54, 1.807) is 12.1 Å². The Kier molecular flexibility index (Phi) is 4.77. The minimum Gasteiger partial charge on any atom is -0.277 e. The van der Waals surface area contributed by atoms with Crippen molar-refractivity contribution >= 4 is 15.7 Å². The lowest BCUT2D eigenvalue weighted by molar-refractivity contribution is 0.543. The van der Waals surface area contributed by atoms with Crippen molar-refractivity contribution in [1.82, 2.24) is 9.78 Å². The van der Waals surface area contributed by atoms with Crippen molar-refractivity contribution in [3.05, 3.63) is 72.1 Å². The second-order valence-corrected chi connectivity index (χ2v) is 8.75. The minimum atomic E-state index is -4.15. The second kappa shape index (κ2) is 6.77. The number of rotatable bonds is 4. The van der Waals surface area contributed by atoms with Crippen LogP contribution in [0.3, 0.4) is 0 Å². The van der Waals surface area contributed by atoms with Crippen LogP contribution in [0, 0.1) is 11.6 Å². The molecule has 2 aromatic carbocycles. The number of sulfonamides is 1. The molecule has 0 aliphatic heterocycles. The second-order valence-electron chi connectivity index (χ2n) is 7.10. The summed E-state index contributed by atoms with van der Waals surface area (Å²) < 4.78 is 56.5. The number of halogens is 2. The van der Waals surface area contributed by atoms with Crippen LogP contribution in [-0.4, -0.2) is 18.2 Å². The first-order valence-corrected chi connectivity index (χ1v) is 9.70. The summed E-state index contributed by atoms with van der Waals surface area (Å²) in [6.45, 7) is 5.51. The highest BCUT2D eigenvalue weighted by Crippen LogP contribution is 2.30. The molecule has 8 heteroatoms. The van der Waals surface area contributed by atoms with Gasteiger partial charge in [0.15, 0.2) is 0 Å².